The van der Waals surface area contributed by atoms with E-state index in [2.05, 4.69) is 20.2 Å². The summed E-state index contributed by atoms with van der Waals surface area (Å²) < 4.78 is 26.7. The SMILES string of the molecule is CC(C)C(=O)Nc1nnc(S(=O)(=O)Nc2ccc(CC#N)cc2)s1. The monoisotopic (exact) mass is 365 g/mol. The van der Waals surface area contributed by atoms with E-state index in [1.807, 2.05) is 6.07 Å². The van der Waals surface area contributed by atoms with Gasteiger partial charge in [0.2, 0.25) is 11.0 Å². The highest BCUT2D eigenvalue weighted by molar-refractivity contribution is 7.94. The Kier molecular flexibility index (Phi) is 5.48. The van der Waals surface area contributed by atoms with Crippen molar-refractivity contribution < 1.29 is 13.2 Å². The van der Waals surface area contributed by atoms with E-state index in [0.29, 0.717) is 5.69 Å². The van der Waals surface area contributed by atoms with E-state index >= 15 is 0 Å². The van der Waals surface area contributed by atoms with Gasteiger partial charge in [-0.2, -0.15) is 13.7 Å². The molecule has 2 N–H and O–H groups in total. The van der Waals surface area contributed by atoms with Crippen molar-refractivity contribution >= 4 is 38.1 Å². The van der Waals surface area contributed by atoms with Crippen LogP contribution in [-0.4, -0.2) is 24.5 Å². The largest absolute Gasteiger partial charge is 0.300 e. The van der Waals surface area contributed by atoms with Gasteiger partial charge in [-0.05, 0) is 17.7 Å². The van der Waals surface area contributed by atoms with Crippen molar-refractivity contribution in [1.29, 1.82) is 5.26 Å². The zero-order valence-electron chi connectivity index (χ0n) is 13.0. The molecular formula is C14H15N5O3S2. The molecule has 0 aliphatic rings. The van der Waals surface area contributed by atoms with Crippen LogP contribution < -0.4 is 10.0 Å². The molecule has 1 aromatic carbocycles. The molecular weight excluding hydrogens is 350 g/mol. The number of benzene rings is 1. The van der Waals surface area contributed by atoms with Crippen molar-refractivity contribution in [2.45, 2.75) is 24.6 Å². The summed E-state index contributed by atoms with van der Waals surface area (Å²) in [7, 11) is -3.90. The van der Waals surface area contributed by atoms with Crippen LogP contribution >= 0.6 is 11.3 Å². The second-order valence-corrected chi connectivity index (χ2v) is 7.99. The number of carbonyl (C=O) groups excluding carboxylic acids is 1. The first-order valence-corrected chi connectivity index (χ1v) is 9.25. The molecule has 2 aromatic rings. The maximum Gasteiger partial charge on any atom is 0.291 e. The fourth-order valence-corrected chi connectivity index (χ4v) is 3.56. The third-order valence-electron chi connectivity index (χ3n) is 2.88. The molecule has 0 saturated carbocycles. The first-order valence-electron chi connectivity index (χ1n) is 6.95. The van der Waals surface area contributed by atoms with Crippen LogP contribution in [0.15, 0.2) is 28.6 Å². The van der Waals surface area contributed by atoms with Gasteiger partial charge in [-0.3, -0.25) is 9.52 Å². The molecule has 0 spiro atoms. The predicted molar refractivity (Wildman–Crippen MR) is 89.9 cm³/mol. The van der Waals surface area contributed by atoms with E-state index in [1.54, 1.807) is 38.1 Å². The predicted octanol–water partition coefficient (Wildman–Crippen LogP) is 2.00. The number of nitriles is 1. The minimum atomic E-state index is -3.90. The zero-order chi connectivity index (χ0) is 17.7. The topological polar surface area (TPSA) is 125 Å². The molecule has 2 rings (SSSR count). The molecule has 1 aromatic heterocycles. The highest BCUT2D eigenvalue weighted by Crippen LogP contribution is 2.23. The number of nitrogens with one attached hydrogen (secondary N) is 2. The van der Waals surface area contributed by atoms with Gasteiger partial charge in [0.05, 0.1) is 12.5 Å². The molecule has 0 aliphatic heterocycles. The minimum Gasteiger partial charge on any atom is -0.300 e. The van der Waals surface area contributed by atoms with Crippen molar-refractivity contribution in [3.8, 4) is 6.07 Å². The Morgan fingerprint density at radius 3 is 2.54 bits per heavy atom. The summed E-state index contributed by atoms with van der Waals surface area (Å²) in [5, 5.41) is 18.5. The Morgan fingerprint density at radius 1 is 1.29 bits per heavy atom. The van der Waals surface area contributed by atoms with Crippen LogP contribution in [0.4, 0.5) is 10.8 Å². The van der Waals surface area contributed by atoms with Crippen LogP contribution in [0, 0.1) is 17.2 Å². The van der Waals surface area contributed by atoms with Crippen molar-refractivity contribution in [3.05, 3.63) is 29.8 Å². The van der Waals surface area contributed by atoms with Gasteiger partial charge in [-0.1, -0.05) is 37.3 Å². The Labute approximate surface area is 143 Å². The Balaban J connectivity index is 2.11. The van der Waals surface area contributed by atoms with Crippen LogP contribution in [-0.2, 0) is 21.2 Å². The smallest absolute Gasteiger partial charge is 0.291 e. The summed E-state index contributed by atoms with van der Waals surface area (Å²) in [5.74, 6) is -0.518. The summed E-state index contributed by atoms with van der Waals surface area (Å²) in [6.45, 7) is 3.43. The van der Waals surface area contributed by atoms with Crippen molar-refractivity contribution in [3.63, 3.8) is 0 Å². The molecule has 0 saturated heterocycles. The molecule has 0 atom stereocenters. The third kappa shape index (κ3) is 4.50. The zero-order valence-corrected chi connectivity index (χ0v) is 14.6. The standard InChI is InChI=1S/C14H15N5O3S2/c1-9(2)12(20)16-13-17-18-14(23-13)24(21,22)19-11-5-3-10(4-6-11)7-8-15/h3-6,9,19H,7H2,1-2H3,(H,16,17,20). The van der Waals surface area contributed by atoms with Gasteiger partial charge in [0, 0.05) is 11.6 Å². The average Bonchev–Trinajstić information content (AvgIpc) is 2.98. The molecule has 10 heteroatoms. The Hall–Kier alpha value is -2.51. The van der Waals surface area contributed by atoms with E-state index < -0.39 is 10.0 Å². The van der Waals surface area contributed by atoms with E-state index in [1.165, 1.54) is 0 Å². The summed E-state index contributed by atoms with van der Waals surface area (Å²) in [6, 6.07) is 8.46. The Morgan fingerprint density at radius 2 is 1.96 bits per heavy atom. The average molecular weight is 365 g/mol. The van der Waals surface area contributed by atoms with E-state index in [9.17, 15) is 13.2 Å². The number of carbonyl (C=O) groups is 1. The Bertz CT molecular complexity index is 867. The summed E-state index contributed by atoms with van der Waals surface area (Å²) in [4.78, 5) is 11.6. The van der Waals surface area contributed by atoms with Gasteiger partial charge in [-0.15, -0.1) is 10.2 Å². The molecule has 0 unspecified atom stereocenters. The van der Waals surface area contributed by atoms with Gasteiger partial charge >= 0.3 is 0 Å². The molecule has 126 valence electrons. The summed E-state index contributed by atoms with van der Waals surface area (Å²) >= 11 is 0.768. The number of rotatable bonds is 6. The number of aromatic nitrogens is 2. The first kappa shape index (κ1) is 17.8. The van der Waals surface area contributed by atoms with Gasteiger partial charge in [0.15, 0.2) is 0 Å². The van der Waals surface area contributed by atoms with E-state index in [-0.39, 0.29) is 27.7 Å². The molecule has 0 fully saturated rings. The number of hydrogen-bond acceptors (Lipinski definition) is 7. The lowest BCUT2D eigenvalue weighted by Gasteiger charge is -2.05. The van der Waals surface area contributed by atoms with Crippen LogP contribution in [0.5, 0.6) is 0 Å². The molecule has 0 bridgehead atoms. The van der Waals surface area contributed by atoms with Crippen molar-refractivity contribution in [2.24, 2.45) is 5.92 Å². The summed E-state index contributed by atoms with van der Waals surface area (Å²) in [6.07, 6.45) is 0.252. The van der Waals surface area contributed by atoms with Crippen LogP contribution in [0.2, 0.25) is 0 Å². The maximum atomic E-state index is 12.3. The van der Waals surface area contributed by atoms with Gasteiger partial charge in [0.1, 0.15) is 0 Å². The van der Waals surface area contributed by atoms with Crippen molar-refractivity contribution in [2.75, 3.05) is 10.0 Å². The second-order valence-electron chi connectivity index (χ2n) is 5.15. The van der Waals surface area contributed by atoms with Crippen molar-refractivity contribution in [1.82, 2.24) is 10.2 Å². The number of nitrogens with zero attached hydrogens (tertiary/aromatic N) is 3. The van der Waals surface area contributed by atoms with E-state index in [0.717, 1.165) is 16.9 Å². The molecule has 8 nitrogen and oxygen atoms in total. The molecule has 1 amide bonds. The molecule has 1 heterocycles. The number of hydrogen-bond donors (Lipinski definition) is 2. The number of sulfonamides is 1. The lowest BCUT2D eigenvalue weighted by molar-refractivity contribution is -0.118. The minimum absolute atomic E-state index is 0.124. The van der Waals surface area contributed by atoms with Crippen LogP contribution in [0.3, 0.4) is 0 Å². The highest BCUT2D eigenvalue weighted by Gasteiger charge is 2.21. The van der Waals surface area contributed by atoms with Gasteiger partial charge < -0.3 is 5.32 Å². The van der Waals surface area contributed by atoms with Crippen LogP contribution in [0.25, 0.3) is 0 Å². The normalized spacial score (nSPS) is 11.1. The fourth-order valence-electron chi connectivity index (χ4n) is 1.60. The summed E-state index contributed by atoms with van der Waals surface area (Å²) in [5.41, 5.74) is 1.13. The highest BCUT2D eigenvalue weighted by atomic mass is 32.2. The van der Waals surface area contributed by atoms with Crippen LogP contribution in [0.1, 0.15) is 19.4 Å². The number of amides is 1. The first-order chi connectivity index (χ1) is 11.3. The van der Waals surface area contributed by atoms with Gasteiger partial charge in [-0.25, -0.2) is 0 Å². The molecule has 0 aliphatic carbocycles. The van der Waals surface area contributed by atoms with E-state index in [4.69, 9.17) is 5.26 Å². The quantitative estimate of drug-likeness (QED) is 0.754. The molecule has 0 radical (unpaired) electrons. The number of anilines is 2. The fraction of sp³-hybridized carbons (Fsp3) is 0.286. The lowest BCUT2D eigenvalue weighted by atomic mass is 10.1. The maximum absolute atomic E-state index is 12.3. The molecule has 24 heavy (non-hydrogen) atoms. The third-order valence-corrected chi connectivity index (χ3v) is 5.47. The van der Waals surface area contributed by atoms with Gasteiger partial charge in [0.25, 0.3) is 14.4 Å². The second kappa shape index (κ2) is 7.37. The lowest BCUT2D eigenvalue weighted by Crippen LogP contribution is -2.17.